The summed E-state index contributed by atoms with van der Waals surface area (Å²) in [5.74, 6) is -0.538. The third kappa shape index (κ3) is 4.89. The quantitative estimate of drug-likeness (QED) is 0.858. The van der Waals surface area contributed by atoms with E-state index in [1.165, 1.54) is 18.4 Å². The van der Waals surface area contributed by atoms with Crippen molar-refractivity contribution >= 4 is 29.1 Å². The van der Waals surface area contributed by atoms with E-state index in [9.17, 15) is 14.0 Å². The zero-order valence-electron chi connectivity index (χ0n) is 11.6. The number of anilines is 1. The first-order valence-electron chi connectivity index (χ1n) is 6.58. The molecule has 1 aromatic carbocycles. The van der Waals surface area contributed by atoms with Gasteiger partial charge in [-0.3, -0.25) is 9.59 Å². The molecule has 0 aliphatic rings. The maximum atomic E-state index is 13.0. The molecule has 0 radical (unpaired) electrons. The number of carbonyl (C=O) groups is 2. The van der Waals surface area contributed by atoms with E-state index >= 15 is 0 Å². The zero-order valence-corrected chi connectivity index (χ0v) is 12.3. The average Bonchev–Trinajstić information content (AvgIpc) is 3.00. The Hall–Kier alpha value is -2.34. The van der Waals surface area contributed by atoms with Crippen LogP contribution in [0, 0.1) is 5.82 Å². The number of hydrogen-bond acceptors (Lipinski definition) is 3. The summed E-state index contributed by atoms with van der Waals surface area (Å²) in [4.78, 5) is 23.3. The second-order valence-electron chi connectivity index (χ2n) is 4.53. The lowest BCUT2D eigenvalue weighted by Gasteiger charge is -2.07. The highest BCUT2D eigenvalue weighted by atomic mass is 35.5. The molecule has 7 heteroatoms. The lowest BCUT2D eigenvalue weighted by atomic mass is 10.2. The van der Waals surface area contributed by atoms with Crippen LogP contribution in [0.2, 0.25) is 5.02 Å². The third-order valence-corrected chi connectivity index (χ3v) is 3.12. The molecule has 0 aliphatic carbocycles. The summed E-state index contributed by atoms with van der Waals surface area (Å²) in [6, 6.07) is 7.36. The molecule has 0 atom stereocenters. The predicted molar refractivity (Wildman–Crippen MR) is 80.1 cm³/mol. The first kappa shape index (κ1) is 16.0. The van der Waals surface area contributed by atoms with Gasteiger partial charge in [0.15, 0.2) is 0 Å². The molecule has 2 N–H and O–H groups in total. The first-order chi connectivity index (χ1) is 10.5. The average molecular weight is 325 g/mol. The van der Waals surface area contributed by atoms with Gasteiger partial charge in [-0.15, -0.1) is 0 Å². The van der Waals surface area contributed by atoms with Crippen molar-refractivity contribution in [2.24, 2.45) is 0 Å². The van der Waals surface area contributed by atoms with Gasteiger partial charge in [0.1, 0.15) is 11.6 Å². The largest absolute Gasteiger partial charge is 0.469 e. The fourth-order valence-electron chi connectivity index (χ4n) is 1.74. The Morgan fingerprint density at radius 3 is 2.73 bits per heavy atom. The molecule has 0 spiro atoms. The van der Waals surface area contributed by atoms with Gasteiger partial charge in [-0.05, 0) is 30.3 Å². The number of nitrogens with one attached hydrogen (secondary N) is 2. The first-order valence-corrected chi connectivity index (χ1v) is 6.96. The van der Waals surface area contributed by atoms with Gasteiger partial charge in [-0.2, -0.15) is 0 Å². The molecule has 2 aromatic rings. The summed E-state index contributed by atoms with van der Waals surface area (Å²) in [6.07, 6.45) is 2.23. The van der Waals surface area contributed by atoms with E-state index in [4.69, 9.17) is 16.0 Å². The normalized spacial score (nSPS) is 10.3. The van der Waals surface area contributed by atoms with E-state index < -0.39 is 11.7 Å². The number of carbonyl (C=O) groups excluding carboxylic acids is 2. The number of benzene rings is 1. The summed E-state index contributed by atoms with van der Waals surface area (Å²) in [7, 11) is 0. The highest BCUT2D eigenvalue weighted by Gasteiger charge is 2.08. The molecular formula is C15H14ClFN2O3. The lowest BCUT2D eigenvalue weighted by molar-refractivity contribution is -0.124. The smallest absolute Gasteiger partial charge is 0.243 e. The summed E-state index contributed by atoms with van der Waals surface area (Å²) in [5.41, 5.74) is 0.362. The van der Waals surface area contributed by atoms with Gasteiger partial charge < -0.3 is 15.1 Å². The van der Waals surface area contributed by atoms with Crippen LogP contribution >= 0.6 is 11.6 Å². The van der Waals surface area contributed by atoms with Gasteiger partial charge in [0.25, 0.3) is 0 Å². The summed E-state index contributed by atoms with van der Waals surface area (Å²) in [6.45, 7) is -0.175. The highest BCUT2D eigenvalue weighted by Crippen LogP contribution is 2.19. The van der Waals surface area contributed by atoms with Crippen LogP contribution in [0.1, 0.15) is 12.2 Å². The lowest BCUT2D eigenvalue weighted by Crippen LogP contribution is -2.32. The Labute approximate surface area is 131 Å². The van der Waals surface area contributed by atoms with Gasteiger partial charge >= 0.3 is 0 Å². The van der Waals surface area contributed by atoms with Crippen molar-refractivity contribution in [1.29, 1.82) is 0 Å². The van der Waals surface area contributed by atoms with Crippen molar-refractivity contribution in [3.63, 3.8) is 0 Å². The van der Waals surface area contributed by atoms with Crippen molar-refractivity contribution in [2.45, 2.75) is 12.8 Å². The molecule has 0 saturated carbocycles. The van der Waals surface area contributed by atoms with E-state index in [2.05, 4.69) is 10.6 Å². The molecule has 0 aliphatic heterocycles. The van der Waals surface area contributed by atoms with Gasteiger partial charge in [0, 0.05) is 18.5 Å². The molecule has 0 unspecified atom stereocenters. The standard InChI is InChI=1S/C15H14ClFN2O3/c16-12-8-10(3-5-13(12)17)19-15(21)9-18-14(20)6-4-11-2-1-7-22-11/h1-3,5,7-8H,4,6,9H2,(H,18,20)(H,19,21). The molecule has 2 rings (SSSR count). The maximum Gasteiger partial charge on any atom is 0.243 e. The fourth-order valence-corrected chi connectivity index (χ4v) is 1.92. The van der Waals surface area contributed by atoms with Crippen molar-refractivity contribution < 1.29 is 18.4 Å². The molecule has 116 valence electrons. The second-order valence-corrected chi connectivity index (χ2v) is 4.94. The van der Waals surface area contributed by atoms with Crippen molar-refractivity contribution in [3.05, 3.63) is 53.2 Å². The van der Waals surface area contributed by atoms with Crippen molar-refractivity contribution in [2.75, 3.05) is 11.9 Å². The second kappa shape index (κ2) is 7.61. The highest BCUT2D eigenvalue weighted by molar-refractivity contribution is 6.31. The minimum Gasteiger partial charge on any atom is -0.469 e. The van der Waals surface area contributed by atoms with E-state index in [0.717, 1.165) is 6.07 Å². The molecular weight excluding hydrogens is 311 g/mol. The number of rotatable bonds is 6. The zero-order chi connectivity index (χ0) is 15.9. The Morgan fingerprint density at radius 2 is 2.05 bits per heavy atom. The minimum atomic E-state index is -0.564. The van der Waals surface area contributed by atoms with Crippen LogP contribution in [0.5, 0.6) is 0 Å². The van der Waals surface area contributed by atoms with Crippen LogP contribution in [0.3, 0.4) is 0 Å². The third-order valence-electron chi connectivity index (χ3n) is 2.83. The number of halogens is 2. The number of amides is 2. The fraction of sp³-hybridized carbons (Fsp3) is 0.200. The van der Waals surface area contributed by atoms with Gasteiger partial charge in [0.2, 0.25) is 11.8 Å². The molecule has 5 nitrogen and oxygen atoms in total. The van der Waals surface area contributed by atoms with Crippen LogP contribution in [0.15, 0.2) is 41.0 Å². The van der Waals surface area contributed by atoms with Crippen LogP contribution in [-0.4, -0.2) is 18.4 Å². The summed E-state index contributed by atoms with van der Waals surface area (Å²) < 4.78 is 18.1. The maximum absolute atomic E-state index is 13.0. The molecule has 0 fully saturated rings. The number of aryl methyl sites for hydroxylation is 1. The number of hydrogen-bond donors (Lipinski definition) is 2. The van der Waals surface area contributed by atoms with Gasteiger partial charge in [0.05, 0.1) is 17.8 Å². The van der Waals surface area contributed by atoms with Gasteiger partial charge in [-0.25, -0.2) is 4.39 Å². The summed E-state index contributed by atoms with van der Waals surface area (Å²) >= 11 is 5.61. The van der Waals surface area contributed by atoms with Crippen LogP contribution in [-0.2, 0) is 16.0 Å². The number of furan rings is 1. The molecule has 22 heavy (non-hydrogen) atoms. The van der Waals surface area contributed by atoms with E-state index in [1.807, 2.05) is 0 Å². The van der Waals surface area contributed by atoms with E-state index in [-0.39, 0.29) is 23.9 Å². The molecule has 0 bridgehead atoms. The Morgan fingerprint density at radius 1 is 1.23 bits per heavy atom. The molecule has 0 saturated heterocycles. The van der Waals surface area contributed by atoms with E-state index in [1.54, 1.807) is 12.1 Å². The Bertz CT molecular complexity index is 659. The topological polar surface area (TPSA) is 71.3 Å². The molecule has 1 aromatic heterocycles. The van der Waals surface area contributed by atoms with Crippen LogP contribution in [0.25, 0.3) is 0 Å². The van der Waals surface area contributed by atoms with Crippen LogP contribution in [0.4, 0.5) is 10.1 Å². The Balaban J connectivity index is 1.72. The van der Waals surface area contributed by atoms with Crippen molar-refractivity contribution in [3.8, 4) is 0 Å². The summed E-state index contributed by atoms with van der Waals surface area (Å²) in [5, 5.41) is 4.92. The minimum absolute atomic E-state index is 0.0831. The van der Waals surface area contributed by atoms with Crippen LogP contribution < -0.4 is 10.6 Å². The van der Waals surface area contributed by atoms with Crippen molar-refractivity contribution in [1.82, 2.24) is 5.32 Å². The van der Waals surface area contributed by atoms with E-state index in [0.29, 0.717) is 17.9 Å². The SMILES string of the molecule is O=C(CCc1ccco1)NCC(=O)Nc1ccc(F)c(Cl)c1. The molecule has 1 heterocycles. The monoisotopic (exact) mass is 324 g/mol. The molecule has 2 amide bonds. The van der Waals surface area contributed by atoms with Gasteiger partial charge in [-0.1, -0.05) is 11.6 Å². The predicted octanol–water partition coefficient (Wildman–Crippen LogP) is 2.76. The Kier molecular flexibility index (Phi) is 5.55.